The number of aromatic nitrogens is 2. The molecule has 1 atom stereocenters. The van der Waals surface area contributed by atoms with Crippen molar-refractivity contribution in [1.82, 2.24) is 10.2 Å². The Balaban J connectivity index is 1.62. The molecule has 0 bridgehead atoms. The average molecular weight is 406 g/mol. The van der Waals surface area contributed by atoms with E-state index in [1.165, 1.54) is 0 Å². The highest BCUT2D eigenvalue weighted by atomic mass is 32.1. The number of hydrogen-bond acceptors (Lipinski definition) is 5. The quantitative estimate of drug-likeness (QED) is 0.481. The van der Waals surface area contributed by atoms with E-state index in [1.54, 1.807) is 23.5 Å². The topological polar surface area (TPSA) is 81.6 Å². The molecule has 0 saturated heterocycles. The first-order valence-corrected chi connectivity index (χ1v) is 10.4. The van der Waals surface area contributed by atoms with Crippen LogP contribution in [-0.4, -0.2) is 16.0 Å². The number of carbonyl (C=O) groups is 1. The molecular formula is C24H14N4OS. The lowest BCUT2D eigenvalue weighted by molar-refractivity contribution is 0.103. The second-order valence-corrected chi connectivity index (χ2v) is 8.24. The standard InChI is InChI=1S/C24H14N4OS/c25-12-13-7-9-14(10-8-13)18-19-21(15-4-1-2-5-16(15)23(19)29)26-24-20(18)22(27-28-24)17-6-3-11-30-17/h1-11,18H,(H2,26,27,28). The number of nitriles is 1. The number of allylic oxidation sites excluding steroid dienone is 1. The van der Waals surface area contributed by atoms with Crippen molar-refractivity contribution in [1.29, 1.82) is 5.26 Å². The van der Waals surface area contributed by atoms with E-state index in [0.717, 1.165) is 44.3 Å². The van der Waals surface area contributed by atoms with Crippen LogP contribution >= 0.6 is 11.3 Å². The summed E-state index contributed by atoms with van der Waals surface area (Å²) in [6.07, 6.45) is 0. The molecule has 0 radical (unpaired) electrons. The molecule has 5 nitrogen and oxygen atoms in total. The minimum Gasteiger partial charge on any atom is -0.338 e. The second-order valence-electron chi connectivity index (χ2n) is 7.29. The Kier molecular flexibility index (Phi) is 3.55. The van der Waals surface area contributed by atoms with Crippen LogP contribution in [0.25, 0.3) is 16.3 Å². The van der Waals surface area contributed by atoms with E-state index in [1.807, 2.05) is 53.9 Å². The van der Waals surface area contributed by atoms with Crippen LogP contribution < -0.4 is 5.32 Å². The summed E-state index contributed by atoms with van der Waals surface area (Å²) in [6, 6.07) is 21.4. The summed E-state index contributed by atoms with van der Waals surface area (Å²) in [5.74, 6) is 0.488. The molecule has 0 saturated carbocycles. The Morgan fingerprint density at radius 3 is 2.53 bits per heavy atom. The molecule has 30 heavy (non-hydrogen) atoms. The fourth-order valence-electron chi connectivity index (χ4n) is 4.39. The van der Waals surface area contributed by atoms with Crippen molar-refractivity contribution in [2.24, 2.45) is 0 Å². The summed E-state index contributed by atoms with van der Waals surface area (Å²) >= 11 is 1.63. The van der Waals surface area contributed by atoms with Crippen molar-refractivity contribution in [3.63, 3.8) is 0 Å². The van der Waals surface area contributed by atoms with Gasteiger partial charge in [-0.15, -0.1) is 11.3 Å². The molecule has 0 amide bonds. The van der Waals surface area contributed by atoms with Gasteiger partial charge in [0.25, 0.3) is 0 Å². The number of hydrogen-bond donors (Lipinski definition) is 2. The lowest BCUT2D eigenvalue weighted by atomic mass is 9.80. The molecule has 1 aliphatic heterocycles. The van der Waals surface area contributed by atoms with Crippen LogP contribution in [0.4, 0.5) is 5.82 Å². The fraction of sp³-hybridized carbons (Fsp3) is 0.0417. The summed E-state index contributed by atoms with van der Waals surface area (Å²) in [4.78, 5) is 14.6. The molecule has 2 aliphatic rings. The number of aromatic amines is 1. The van der Waals surface area contributed by atoms with Crippen LogP contribution in [0.1, 0.15) is 38.5 Å². The monoisotopic (exact) mass is 406 g/mol. The van der Waals surface area contributed by atoms with E-state index in [0.29, 0.717) is 11.1 Å². The maximum atomic E-state index is 13.5. The van der Waals surface area contributed by atoms with Gasteiger partial charge in [0.15, 0.2) is 11.6 Å². The van der Waals surface area contributed by atoms with Gasteiger partial charge in [-0.2, -0.15) is 10.4 Å². The van der Waals surface area contributed by atoms with Crippen LogP contribution in [-0.2, 0) is 0 Å². The molecule has 4 aromatic rings. The van der Waals surface area contributed by atoms with Crippen LogP contribution in [0.3, 0.4) is 0 Å². The van der Waals surface area contributed by atoms with Gasteiger partial charge < -0.3 is 5.32 Å². The minimum atomic E-state index is -0.278. The number of fused-ring (bicyclic) bond motifs is 3. The summed E-state index contributed by atoms with van der Waals surface area (Å²) in [7, 11) is 0. The van der Waals surface area contributed by atoms with Crippen LogP contribution in [0.2, 0.25) is 0 Å². The summed E-state index contributed by atoms with van der Waals surface area (Å²) in [5, 5.41) is 22.4. The molecule has 1 unspecified atom stereocenters. The molecule has 0 fully saturated rings. The van der Waals surface area contributed by atoms with Crippen molar-refractivity contribution in [2.75, 3.05) is 5.32 Å². The Morgan fingerprint density at radius 1 is 1.00 bits per heavy atom. The van der Waals surface area contributed by atoms with Crippen molar-refractivity contribution in [3.8, 4) is 16.6 Å². The SMILES string of the molecule is N#Cc1ccc(C2C3=C(Nc4n[nH]c(-c5cccs5)c42)c2ccccc2C3=O)cc1. The molecule has 2 N–H and O–H groups in total. The molecule has 6 rings (SSSR count). The van der Waals surface area contributed by atoms with E-state index in [-0.39, 0.29) is 11.7 Å². The zero-order chi connectivity index (χ0) is 20.2. The molecule has 1 aliphatic carbocycles. The number of H-pyrrole nitrogens is 1. The van der Waals surface area contributed by atoms with E-state index >= 15 is 0 Å². The van der Waals surface area contributed by atoms with E-state index < -0.39 is 0 Å². The van der Waals surface area contributed by atoms with Crippen LogP contribution in [0, 0.1) is 11.3 Å². The number of nitrogens with one attached hydrogen (secondary N) is 2. The van der Waals surface area contributed by atoms with Crippen molar-refractivity contribution >= 4 is 28.6 Å². The largest absolute Gasteiger partial charge is 0.338 e. The first-order chi connectivity index (χ1) is 14.8. The second kappa shape index (κ2) is 6.28. The van der Waals surface area contributed by atoms with Gasteiger partial charge in [0, 0.05) is 28.2 Å². The van der Waals surface area contributed by atoms with Gasteiger partial charge in [0.2, 0.25) is 0 Å². The number of ketones is 1. The average Bonchev–Trinajstić information content (AvgIpc) is 3.52. The highest BCUT2D eigenvalue weighted by molar-refractivity contribution is 7.13. The zero-order valence-corrected chi connectivity index (χ0v) is 16.5. The number of rotatable bonds is 2. The third kappa shape index (κ3) is 2.27. The predicted molar refractivity (Wildman–Crippen MR) is 116 cm³/mol. The van der Waals surface area contributed by atoms with Crippen molar-refractivity contribution < 1.29 is 4.79 Å². The predicted octanol–water partition coefficient (Wildman–Crippen LogP) is 5.17. The highest BCUT2D eigenvalue weighted by Gasteiger charge is 2.42. The third-order valence-corrected chi connectivity index (χ3v) is 6.61. The van der Waals surface area contributed by atoms with Gasteiger partial charge in [-0.05, 0) is 29.1 Å². The number of benzene rings is 2. The number of carbonyl (C=O) groups excluding carboxylic acids is 1. The maximum absolute atomic E-state index is 13.5. The van der Waals surface area contributed by atoms with Crippen LogP contribution in [0.15, 0.2) is 71.6 Å². The number of Topliss-reactive ketones (excluding diaryl/α,β-unsaturated/α-hetero) is 1. The Bertz CT molecular complexity index is 1390. The van der Waals surface area contributed by atoms with Gasteiger partial charge >= 0.3 is 0 Å². The fourth-order valence-corrected chi connectivity index (χ4v) is 5.13. The van der Waals surface area contributed by atoms with Gasteiger partial charge in [-0.3, -0.25) is 9.89 Å². The van der Waals surface area contributed by atoms with E-state index in [2.05, 4.69) is 21.6 Å². The number of thiophene rings is 1. The van der Waals surface area contributed by atoms with Crippen molar-refractivity contribution in [3.05, 3.63) is 99.4 Å². The minimum absolute atomic E-state index is 0.0337. The van der Waals surface area contributed by atoms with E-state index in [4.69, 9.17) is 0 Å². The molecule has 142 valence electrons. The highest BCUT2D eigenvalue weighted by Crippen LogP contribution is 2.51. The third-order valence-electron chi connectivity index (χ3n) is 5.72. The smallest absolute Gasteiger partial charge is 0.192 e. The Morgan fingerprint density at radius 2 is 1.80 bits per heavy atom. The Labute approximate surface area is 176 Å². The number of anilines is 1. The molecular weight excluding hydrogens is 392 g/mol. The lowest BCUT2D eigenvalue weighted by Gasteiger charge is -2.26. The van der Waals surface area contributed by atoms with E-state index in [9.17, 15) is 10.1 Å². The zero-order valence-electron chi connectivity index (χ0n) is 15.6. The lowest BCUT2D eigenvalue weighted by Crippen LogP contribution is -2.18. The summed E-state index contributed by atoms with van der Waals surface area (Å²) in [5.41, 5.74) is 6.59. The molecule has 3 heterocycles. The van der Waals surface area contributed by atoms with Crippen LogP contribution in [0.5, 0.6) is 0 Å². The number of nitrogens with zero attached hydrogens (tertiary/aromatic N) is 2. The summed E-state index contributed by atoms with van der Waals surface area (Å²) in [6.45, 7) is 0. The van der Waals surface area contributed by atoms with Gasteiger partial charge in [0.05, 0.1) is 27.9 Å². The molecule has 2 aromatic carbocycles. The normalized spacial score (nSPS) is 16.5. The van der Waals surface area contributed by atoms with Gasteiger partial charge in [-0.25, -0.2) is 0 Å². The van der Waals surface area contributed by atoms with Gasteiger partial charge in [0.1, 0.15) is 0 Å². The summed E-state index contributed by atoms with van der Waals surface area (Å²) < 4.78 is 0. The molecule has 2 aromatic heterocycles. The van der Waals surface area contributed by atoms with Crippen molar-refractivity contribution in [2.45, 2.75) is 5.92 Å². The Hall–Kier alpha value is -3.95. The first kappa shape index (κ1) is 17.0. The molecule has 0 spiro atoms. The van der Waals surface area contributed by atoms with Gasteiger partial charge in [-0.1, -0.05) is 42.5 Å². The first-order valence-electron chi connectivity index (χ1n) is 9.53. The molecule has 6 heteroatoms. The maximum Gasteiger partial charge on any atom is 0.192 e.